The summed E-state index contributed by atoms with van der Waals surface area (Å²) in [4.78, 5) is 0. The number of ether oxygens (including phenoxy) is 1. The minimum absolute atomic E-state index is 0.500. The van der Waals surface area contributed by atoms with Crippen LogP contribution in [0.3, 0.4) is 0 Å². The number of rotatable bonds is 3. The summed E-state index contributed by atoms with van der Waals surface area (Å²) in [7, 11) is 1.64. The first kappa shape index (κ1) is 11.6. The number of nitrogens with one attached hydrogen (secondary N) is 1. The van der Waals surface area contributed by atoms with Gasteiger partial charge in [-0.15, -0.1) is 5.10 Å². The molecule has 0 spiro atoms. The van der Waals surface area contributed by atoms with Crippen LogP contribution in [0.1, 0.15) is 5.56 Å². The van der Waals surface area contributed by atoms with Crippen LogP contribution in [0.5, 0.6) is 5.75 Å². The molecule has 0 aromatic heterocycles. The monoisotopic (exact) mass is 224 g/mol. The Morgan fingerprint density at radius 3 is 2.67 bits per heavy atom. The van der Waals surface area contributed by atoms with Crippen LogP contribution in [-0.2, 0) is 0 Å². The Labute approximate surface area is 93.2 Å². The Morgan fingerprint density at radius 2 is 2.13 bits per heavy atom. The smallest absolute Gasteiger partial charge is 0.225 e. The zero-order valence-electron chi connectivity index (χ0n) is 8.73. The molecule has 80 valence electrons. The van der Waals surface area contributed by atoms with Gasteiger partial charge in [0.2, 0.25) is 11.4 Å². The third-order valence-electron chi connectivity index (χ3n) is 1.73. The fourth-order valence-corrected chi connectivity index (χ4v) is 1.06. The van der Waals surface area contributed by atoms with Crippen LogP contribution in [0.2, 0.25) is 0 Å². The molecule has 15 heavy (non-hydrogen) atoms. The van der Waals surface area contributed by atoms with E-state index in [1.807, 2.05) is 30.5 Å². The number of amidine groups is 1. The molecule has 0 aliphatic heterocycles. The van der Waals surface area contributed by atoms with Crippen LogP contribution < -0.4 is 15.6 Å². The van der Waals surface area contributed by atoms with E-state index >= 15 is 0 Å². The molecule has 0 aliphatic rings. The quantitative estimate of drug-likeness (QED) is 0.424. The highest BCUT2D eigenvalue weighted by atomic mass is 32.2. The van der Waals surface area contributed by atoms with E-state index in [4.69, 9.17) is 10.5 Å². The first-order chi connectivity index (χ1) is 7.26. The second kappa shape index (κ2) is 6.08. The van der Waals surface area contributed by atoms with Crippen molar-refractivity contribution >= 4 is 23.1 Å². The lowest BCUT2D eigenvalue weighted by molar-refractivity contribution is -0.456. The molecule has 0 aliphatic carbocycles. The second-order valence-electron chi connectivity index (χ2n) is 2.70. The highest BCUT2D eigenvalue weighted by molar-refractivity contribution is 8.13. The third kappa shape index (κ3) is 4.03. The van der Waals surface area contributed by atoms with Gasteiger partial charge in [-0.3, -0.25) is 0 Å². The van der Waals surface area contributed by atoms with Crippen LogP contribution in [-0.4, -0.2) is 24.7 Å². The van der Waals surface area contributed by atoms with Gasteiger partial charge in [-0.1, -0.05) is 11.8 Å². The first-order valence-corrected chi connectivity index (χ1v) is 5.58. The van der Waals surface area contributed by atoms with Gasteiger partial charge in [-0.05, 0) is 30.5 Å². The van der Waals surface area contributed by atoms with Crippen LogP contribution >= 0.6 is 11.8 Å². The molecule has 0 unspecified atom stereocenters. The molecule has 0 amide bonds. The standard InChI is InChI=1S/C10H13N3OS/c1-14-9-5-3-8(4-6-9)7-12-13-10(11)15-2/h3-7H,1-2H3,(H2,11,13)/p+1. The first-order valence-electron chi connectivity index (χ1n) is 4.36. The van der Waals surface area contributed by atoms with Gasteiger partial charge in [0.05, 0.1) is 7.11 Å². The number of nitrogens with zero attached hydrogens (tertiary/aromatic N) is 1. The predicted molar refractivity (Wildman–Crippen MR) is 64.3 cm³/mol. The van der Waals surface area contributed by atoms with E-state index in [9.17, 15) is 0 Å². The topological polar surface area (TPSA) is 61.6 Å². The number of hydrogen-bond acceptors (Lipinski definition) is 3. The highest BCUT2D eigenvalue weighted by Gasteiger charge is 1.93. The van der Waals surface area contributed by atoms with Gasteiger partial charge < -0.3 is 10.5 Å². The van der Waals surface area contributed by atoms with Crippen molar-refractivity contribution < 1.29 is 9.84 Å². The fraction of sp³-hybridized carbons (Fsp3) is 0.200. The Hall–Kier alpha value is -1.49. The van der Waals surface area contributed by atoms with Gasteiger partial charge >= 0.3 is 0 Å². The van der Waals surface area contributed by atoms with E-state index < -0.39 is 0 Å². The van der Waals surface area contributed by atoms with Crippen molar-refractivity contribution in [1.29, 1.82) is 0 Å². The molecule has 5 heteroatoms. The molecule has 0 saturated carbocycles. The number of benzene rings is 1. The lowest BCUT2D eigenvalue weighted by Crippen LogP contribution is -2.62. The van der Waals surface area contributed by atoms with Crippen molar-refractivity contribution in [2.45, 2.75) is 0 Å². The maximum Gasteiger partial charge on any atom is 0.225 e. The molecule has 0 radical (unpaired) electrons. The molecular weight excluding hydrogens is 210 g/mol. The molecule has 4 nitrogen and oxygen atoms in total. The Morgan fingerprint density at radius 1 is 1.47 bits per heavy atom. The van der Waals surface area contributed by atoms with Gasteiger partial charge in [-0.2, -0.15) is 0 Å². The highest BCUT2D eigenvalue weighted by Crippen LogP contribution is 2.08. The number of hydrazone groups is 1. The maximum absolute atomic E-state index is 5.49. The summed E-state index contributed by atoms with van der Waals surface area (Å²) in [5.41, 5.74) is 6.50. The van der Waals surface area contributed by atoms with Crippen molar-refractivity contribution in [2.24, 2.45) is 10.8 Å². The zero-order valence-corrected chi connectivity index (χ0v) is 9.54. The van der Waals surface area contributed by atoms with Gasteiger partial charge in [0.1, 0.15) is 5.75 Å². The summed E-state index contributed by atoms with van der Waals surface area (Å²) >= 11 is 1.39. The average molecular weight is 224 g/mol. The number of thioether (sulfide) groups is 1. The van der Waals surface area contributed by atoms with Gasteiger partial charge in [-0.25, -0.2) is 0 Å². The molecule has 0 atom stereocenters. The minimum atomic E-state index is 0.500. The summed E-state index contributed by atoms with van der Waals surface area (Å²) in [5, 5.41) is 7.17. The van der Waals surface area contributed by atoms with Crippen molar-refractivity contribution in [3.05, 3.63) is 29.8 Å². The minimum Gasteiger partial charge on any atom is -0.497 e. The largest absolute Gasteiger partial charge is 0.497 e. The number of hydrogen-bond donors (Lipinski definition) is 2. The molecule has 1 aromatic rings. The molecule has 1 rings (SSSR count). The molecule has 0 bridgehead atoms. The zero-order chi connectivity index (χ0) is 11.1. The van der Waals surface area contributed by atoms with E-state index in [2.05, 4.69) is 10.2 Å². The molecular formula is C10H14N3OS+. The van der Waals surface area contributed by atoms with Crippen molar-refractivity contribution in [3.63, 3.8) is 0 Å². The van der Waals surface area contributed by atoms with E-state index in [1.165, 1.54) is 11.8 Å². The van der Waals surface area contributed by atoms with Crippen LogP contribution in [0, 0.1) is 0 Å². The molecule has 3 N–H and O–H groups in total. The maximum atomic E-state index is 5.49. The number of methoxy groups -OCH3 is 1. The van der Waals surface area contributed by atoms with Crippen LogP contribution in [0.25, 0.3) is 0 Å². The predicted octanol–water partition coefficient (Wildman–Crippen LogP) is -0.213. The Balaban J connectivity index is 2.65. The second-order valence-corrected chi connectivity index (χ2v) is 3.53. The molecule has 1 aromatic carbocycles. The summed E-state index contributed by atoms with van der Waals surface area (Å²) < 4.78 is 5.04. The SMILES string of the molecule is COc1ccc(C=[NH+]N=C(N)SC)cc1. The average Bonchev–Trinajstić information content (AvgIpc) is 2.29. The van der Waals surface area contributed by atoms with Crippen molar-refractivity contribution in [2.75, 3.05) is 13.4 Å². The van der Waals surface area contributed by atoms with Crippen LogP contribution in [0.15, 0.2) is 29.4 Å². The van der Waals surface area contributed by atoms with E-state index in [0.29, 0.717) is 5.17 Å². The van der Waals surface area contributed by atoms with Crippen molar-refractivity contribution in [1.82, 2.24) is 0 Å². The third-order valence-corrected chi connectivity index (χ3v) is 2.24. The summed E-state index contributed by atoms with van der Waals surface area (Å²) in [5.74, 6) is 0.833. The van der Waals surface area contributed by atoms with Gasteiger partial charge in [0, 0.05) is 10.7 Å². The van der Waals surface area contributed by atoms with E-state index in [-0.39, 0.29) is 0 Å². The van der Waals surface area contributed by atoms with E-state index in [0.717, 1.165) is 11.3 Å². The lowest BCUT2D eigenvalue weighted by atomic mass is 10.2. The Bertz CT molecular complexity index is 359. The number of nitrogens with two attached hydrogens (primary N) is 1. The van der Waals surface area contributed by atoms with Crippen molar-refractivity contribution in [3.8, 4) is 5.75 Å². The lowest BCUT2D eigenvalue weighted by Gasteiger charge is -1.96. The fourth-order valence-electron chi connectivity index (χ4n) is 0.916. The molecule has 0 fully saturated rings. The summed E-state index contributed by atoms with van der Waals surface area (Å²) in [6.45, 7) is 0. The van der Waals surface area contributed by atoms with Crippen LogP contribution in [0.4, 0.5) is 0 Å². The Kier molecular flexibility index (Phi) is 4.70. The molecule has 0 heterocycles. The van der Waals surface area contributed by atoms with E-state index in [1.54, 1.807) is 13.3 Å². The normalized spacial score (nSPS) is 12.0. The van der Waals surface area contributed by atoms with Gasteiger partial charge in [0.25, 0.3) is 0 Å². The summed E-state index contributed by atoms with van der Waals surface area (Å²) in [6, 6.07) is 7.62. The summed E-state index contributed by atoms with van der Waals surface area (Å²) in [6.07, 6.45) is 3.64. The van der Waals surface area contributed by atoms with Gasteiger partial charge in [0.15, 0.2) is 0 Å². The molecule has 0 saturated heterocycles.